The highest BCUT2D eigenvalue weighted by Gasteiger charge is 2.59. The molecule has 2 aliphatic heterocycles. The smallest absolute Gasteiger partial charge is 0.407 e. The van der Waals surface area contributed by atoms with Gasteiger partial charge < -0.3 is 164 Å². The van der Waals surface area contributed by atoms with Crippen LogP contribution in [-0.2, 0) is 87.7 Å². The quantitative estimate of drug-likeness (QED) is 0.00514. The minimum absolute atomic E-state index is 0. The molecule has 48 heteroatoms. The molecule has 4 aromatic rings. The van der Waals surface area contributed by atoms with Crippen LogP contribution < -0.4 is 77.4 Å². The maximum absolute atomic E-state index is 13.6. The molecule has 0 saturated carbocycles. The molecule has 0 spiro atoms. The molecule has 0 aliphatic carbocycles. The average Bonchev–Trinajstić information content (AvgIpc) is 1.74. The van der Waals surface area contributed by atoms with Crippen molar-refractivity contribution in [2.45, 2.75) is 297 Å². The van der Waals surface area contributed by atoms with Crippen molar-refractivity contribution in [1.29, 1.82) is 0 Å². The first-order valence-corrected chi connectivity index (χ1v) is 57.5. The van der Waals surface area contributed by atoms with Crippen molar-refractivity contribution in [1.82, 2.24) is 25.8 Å². The number of aliphatic hydroxyl groups excluding tert-OH is 1. The zero-order valence-corrected chi connectivity index (χ0v) is 91.5. The summed E-state index contributed by atoms with van der Waals surface area (Å²) in [6.07, 6.45) is 20.4. The first-order chi connectivity index (χ1) is 69.1. The maximum atomic E-state index is 13.6. The Morgan fingerprint density at radius 2 is 0.735 bits per heavy atom. The van der Waals surface area contributed by atoms with Gasteiger partial charge in [-0.1, -0.05) is 192 Å². The Labute approximate surface area is 873 Å². The molecule has 0 aromatic heterocycles. The van der Waals surface area contributed by atoms with E-state index in [-0.39, 0.29) is 127 Å². The largest absolute Gasteiger partial charge is 1.00 e. The number of nitrogens with one attached hydrogen (secondary N) is 5. The fraction of sp³-hybridized carbons (Fsp3) is 0.646. The van der Waals surface area contributed by atoms with Crippen molar-refractivity contribution in [2.24, 2.45) is 50.5 Å². The number of quaternary nitrogens is 2. The van der Waals surface area contributed by atoms with Crippen molar-refractivity contribution in [3.05, 3.63) is 131 Å². The van der Waals surface area contributed by atoms with E-state index in [1.165, 1.54) is 186 Å². The number of nitrogens with two attached hydrogens (primary N) is 5. The third kappa shape index (κ3) is 53.1. The van der Waals surface area contributed by atoms with Crippen molar-refractivity contribution in [3.8, 4) is 0 Å². The first-order valence-electron chi connectivity index (χ1n) is 51.1. The van der Waals surface area contributed by atoms with Gasteiger partial charge in [0.1, 0.15) is 32.9 Å². The van der Waals surface area contributed by atoms with Crippen LogP contribution in [0.3, 0.4) is 0 Å². The summed E-state index contributed by atoms with van der Waals surface area (Å²) in [5, 5.41) is 33.8. The Hall–Kier alpha value is -8.90. The third-order valence-electron chi connectivity index (χ3n) is 25.1. The highest BCUT2D eigenvalue weighted by molar-refractivity contribution is 7.72. The van der Waals surface area contributed by atoms with Crippen LogP contribution in [0.15, 0.2) is 119 Å². The number of anilines is 2. The summed E-state index contributed by atoms with van der Waals surface area (Å²) in [6.45, 7) is 29.9. The lowest BCUT2D eigenvalue weighted by Crippen LogP contribution is -3.00. The summed E-state index contributed by atoms with van der Waals surface area (Å²) in [5.74, 6) is -3.87. The fourth-order valence-electron chi connectivity index (χ4n) is 16.5. The maximum Gasteiger partial charge on any atom is 0.407 e. The van der Waals surface area contributed by atoms with Crippen LogP contribution in [-0.4, -0.2) is 256 Å². The number of nitrogens with zero attached hydrogens (tertiary/aromatic N) is 6. The number of guanidine groups is 2. The Bertz CT molecular complexity index is 4570. The van der Waals surface area contributed by atoms with Gasteiger partial charge in [-0.25, -0.2) is 14.4 Å². The van der Waals surface area contributed by atoms with Crippen LogP contribution >= 0.6 is 30.4 Å². The SMILES string of the molecule is CCCC[N+](CCCC)(CCCC)CCCC.CCCC[N+](CCCC)(CCCC)CCCC.NC(N)=NCCC[C@H](CC(=O)[C@@H]1CCCN1C(=O)CNC(=O)OCc1ccccc1)C(=O)Nc1ccc(CO)cc1.NC(N)=NCCC[C@H](CC(=O)[C@@H]1CCCN1C(=O)CNC(=O)OCc1ccccc1)C(=O)Nc1ccc(COC(=O)NCCCC(O)(P(=O)(O)O)P(=O)(O)O)cc1.NCCCC(O)(P(=O)([O-])O)P(=O)([O-])O.[Cl-]. The van der Waals surface area contributed by atoms with Gasteiger partial charge in [-0.15, -0.1) is 0 Å². The van der Waals surface area contributed by atoms with Gasteiger partial charge in [0.2, 0.25) is 23.6 Å². The molecule has 0 radical (unpaired) electrons. The second kappa shape index (κ2) is 73.3. The van der Waals surface area contributed by atoms with E-state index in [2.05, 4.69) is 92.0 Å². The summed E-state index contributed by atoms with van der Waals surface area (Å²) >= 11 is 0. The number of likely N-dealkylation sites (tertiary alicyclic amines) is 2. The molecule has 4 aromatic carbocycles. The van der Waals surface area contributed by atoms with Gasteiger partial charge in [0.05, 0.1) is 71.0 Å². The number of benzene rings is 4. The van der Waals surface area contributed by atoms with Crippen molar-refractivity contribution >= 4 is 107 Å². The number of carbonyl (C=O) groups is 9. The number of aliphatic imine (C=N–C) groups is 2. The summed E-state index contributed by atoms with van der Waals surface area (Å²) in [5.41, 5.74) is 30.3. The predicted octanol–water partition coefficient (Wildman–Crippen LogP) is 7.32. The molecule has 2 aliphatic rings. The number of unbranched alkanes of at least 4 members (excludes halogenated alkanes) is 8. The number of carbonyl (C=O) groups excluding carboxylic acids is 9. The number of hydrogen-bond donors (Lipinski definition) is 19. The number of halogens is 1. The second-order valence-corrected chi connectivity index (χ2v) is 44.9. The second-order valence-electron chi connectivity index (χ2n) is 37.0. The molecule has 24 N–H and O–H groups in total. The van der Waals surface area contributed by atoms with E-state index < -0.39 is 120 Å². The summed E-state index contributed by atoms with van der Waals surface area (Å²) in [4.78, 5) is 201. The van der Waals surface area contributed by atoms with E-state index in [1.807, 2.05) is 36.4 Å². The van der Waals surface area contributed by atoms with Crippen molar-refractivity contribution < 1.29 is 151 Å². The molecule has 147 heavy (non-hydrogen) atoms. The minimum atomic E-state index is -5.62. The van der Waals surface area contributed by atoms with Crippen LogP contribution in [0.5, 0.6) is 0 Å². The number of ether oxygens (including phenoxy) is 3. The zero-order valence-electron chi connectivity index (χ0n) is 87.2. The number of alkyl carbamates (subject to hydrolysis) is 3. The molecule has 6 rings (SSSR count). The molecule has 7 amide bonds. The van der Waals surface area contributed by atoms with Gasteiger partial charge in [-0.2, -0.15) is 0 Å². The van der Waals surface area contributed by atoms with Gasteiger partial charge in [-0.3, -0.25) is 47.9 Å². The molecule has 0 bridgehead atoms. The zero-order chi connectivity index (χ0) is 109. The Balaban J connectivity index is 0.00000103. The molecular weight excluding hydrogens is 2000 g/mol. The van der Waals surface area contributed by atoms with Gasteiger partial charge in [0, 0.05) is 75.2 Å². The normalized spacial score (nSPS) is 15.1. The molecule has 6 atom stereocenters. The first kappa shape index (κ1) is 136. The van der Waals surface area contributed by atoms with Crippen molar-refractivity contribution in [2.75, 3.05) is 115 Å². The number of amides is 7. The standard InChI is InChI=1S/C34H49N7O14P2.C29H38N6O6.2C16H36N.C4H13NO7P2.ClH/c35-31(36)37-16-4-9-25(19-28(42)27-10-5-18-41(27)29(43)20-39-33(46)55-21-23-7-2-1-3-8-23)30(44)40-26-13-11-24(12-14-26)22-54-32(45)38-17-6-15-34(47,56(48,49)50)57(51,52)53;30-28(31)32-14-4-8-22(27(39)34-23-12-10-20(18-36)11-13-23)16-25(37)24-9-5-15-35(24)26(38)17-33-29(40)41-19-21-6-2-1-3-7-21;2*1-5-9-13-17(14-10-6-2,15-11-7-3)16-12-8-4;5-3-1-2-4(6,13(7,8)9)14(10,11)12;/h1-3,7-8,11-14,25,27,47H,4-6,9-10,15-22H2,(H,38,45)(H,39,46)(H,40,44)(H4,35,36,37)(H2,48,49,50)(H2,51,52,53);1-3,6-7,10-13,22,24,36H,4-5,8-9,14-19H2,(H,33,40)(H,34,39)(H4,30,31,32);2*5-16H2,1-4H3;6H,1-3,5H2,(H2,7,8,9)(H2,10,11,12);1H/q;;2*+1;;/p-3/t25-,27+;22-,24+;;;;/m11..../s1. The lowest BCUT2D eigenvalue weighted by atomic mass is 9.92. The molecule has 2 saturated heterocycles. The Kier molecular flexibility index (Phi) is 67.9. The van der Waals surface area contributed by atoms with Gasteiger partial charge >= 0.3 is 33.5 Å². The van der Waals surface area contributed by atoms with E-state index in [1.54, 1.807) is 60.7 Å². The fourth-order valence-corrected chi connectivity index (χ4v) is 20.9. The van der Waals surface area contributed by atoms with Crippen LogP contribution in [0.25, 0.3) is 0 Å². The number of aliphatic hydroxyl groups is 3. The molecule has 43 nitrogen and oxygen atoms in total. The topological polar surface area (TPSA) is 699 Å². The minimum Gasteiger partial charge on any atom is -1.00 e. The number of Topliss-reactive ketones (excluding diaryl/α,β-unsaturated/α-hetero) is 2. The number of ketones is 2. The summed E-state index contributed by atoms with van der Waals surface area (Å²) < 4.78 is 62.2. The highest BCUT2D eigenvalue weighted by atomic mass is 35.5. The predicted molar refractivity (Wildman–Crippen MR) is 559 cm³/mol. The van der Waals surface area contributed by atoms with Crippen LogP contribution in [0.1, 0.15) is 270 Å². The average molecular weight is 2180 g/mol. The van der Waals surface area contributed by atoms with Crippen molar-refractivity contribution in [3.63, 3.8) is 0 Å². The lowest BCUT2D eigenvalue weighted by molar-refractivity contribution is -0.929. The van der Waals surface area contributed by atoms with E-state index in [9.17, 15) is 101 Å². The Morgan fingerprint density at radius 3 is 1.02 bits per heavy atom. The van der Waals surface area contributed by atoms with E-state index in [0.717, 1.165) is 11.1 Å². The van der Waals surface area contributed by atoms with Crippen LogP contribution in [0.4, 0.5) is 25.8 Å². The molecule has 2 fully saturated rings. The summed E-state index contributed by atoms with van der Waals surface area (Å²) in [7, 11) is -22.5. The molecule has 2 unspecified atom stereocenters. The molecular formula is C99H170ClN16O27P4-. The van der Waals surface area contributed by atoms with Crippen LogP contribution in [0.2, 0.25) is 0 Å². The third-order valence-corrected chi connectivity index (χ3v) is 32.8. The lowest BCUT2D eigenvalue weighted by Gasteiger charge is -2.42. The summed E-state index contributed by atoms with van der Waals surface area (Å²) in [6, 6.07) is 29.6. The van der Waals surface area contributed by atoms with E-state index in [0.29, 0.717) is 87.1 Å². The van der Waals surface area contributed by atoms with Crippen LogP contribution in [0, 0.1) is 11.8 Å². The van der Waals surface area contributed by atoms with Gasteiger partial charge in [-0.05, 0) is 175 Å². The van der Waals surface area contributed by atoms with E-state index in [4.69, 9.17) is 57.8 Å². The monoisotopic (exact) mass is 2170 g/mol. The number of hydrogen-bond acceptors (Lipinski definition) is 24. The Morgan fingerprint density at radius 1 is 0.435 bits per heavy atom. The molecule has 2 heterocycles. The van der Waals surface area contributed by atoms with Gasteiger partial charge in [0.25, 0.3) is 5.08 Å². The number of rotatable bonds is 64. The van der Waals surface area contributed by atoms with E-state index >= 15 is 0 Å². The molecule has 836 valence electrons. The van der Waals surface area contributed by atoms with Gasteiger partial charge in [0.15, 0.2) is 43.8 Å². The highest BCUT2D eigenvalue weighted by Crippen LogP contribution is 2.69.